The van der Waals surface area contributed by atoms with Gasteiger partial charge in [-0.05, 0) is 78.6 Å². The number of carbonyl (C=O) groups excluding carboxylic acids is 2. The highest BCUT2D eigenvalue weighted by molar-refractivity contribution is 5.89. The van der Waals surface area contributed by atoms with Gasteiger partial charge in [0.15, 0.2) is 40.3 Å². The predicted octanol–water partition coefficient (Wildman–Crippen LogP) is 2.65. The molecule has 3 aromatic rings. The third-order valence-corrected chi connectivity index (χ3v) is 8.56. The van der Waals surface area contributed by atoms with Gasteiger partial charge in [-0.3, -0.25) is 0 Å². The summed E-state index contributed by atoms with van der Waals surface area (Å²) in [4.78, 5) is 39.5. The Morgan fingerprint density at radius 2 is 1.43 bits per heavy atom. The Bertz CT molecular complexity index is 1750. The minimum absolute atomic E-state index is 0.164. The van der Waals surface area contributed by atoms with Gasteiger partial charge >= 0.3 is 17.9 Å². The highest BCUT2D eigenvalue weighted by atomic mass is 16.6. The van der Waals surface area contributed by atoms with Crippen LogP contribution in [-0.4, -0.2) is 90.7 Å². The number of carboxylic acid groups (broad SMARTS) is 1. The van der Waals surface area contributed by atoms with Crippen LogP contribution >= 0.6 is 0 Å². The number of esters is 2. The molecular weight excluding hydrogens is 638 g/mol. The monoisotopic (exact) mass is 677 g/mol. The van der Waals surface area contributed by atoms with Gasteiger partial charge in [0.25, 0.3) is 0 Å². The van der Waals surface area contributed by atoms with E-state index >= 15 is 0 Å². The summed E-state index contributed by atoms with van der Waals surface area (Å²) in [5.41, 5.74) is -2.68. The first-order valence-corrected chi connectivity index (χ1v) is 15.4. The number of hydrogen-bond acceptors (Lipinski definition) is 12. The third-order valence-electron chi connectivity index (χ3n) is 8.56. The van der Waals surface area contributed by atoms with Crippen molar-refractivity contribution in [2.75, 3.05) is 13.6 Å². The predicted molar refractivity (Wildman–Crippen MR) is 176 cm³/mol. The zero-order valence-corrected chi connectivity index (χ0v) is 26.8. The summed E-state index contributed by atoms with van der Waals surface area (Å²) >= 11 is 0. The maximum atomic E-state index is 13.4. The number of aliphatic hydroxyl groups is 2. The minimum atomic E-state index is -2.65. The smallest absolute Gasteiger partial charge is 0.336 e. The highest BCUT2D eigenvalue weighted by Crippen LogP contribution is 2.46. The first-order valence-electron chi connectivity index (χ1n) is 15.4. The Morgan fingerprint density at radius 1 is 0.857 bits per heavy atom. The van der Waals surface area contributed by atoms with Crippen molar-refractivity contribution in [1.82, 2.24) is 5.32 Å². The Kier molecular flexibility index (Phi) is 11.3. The van der Waals surface area contributed by atoms with Crippen molar-refractivity contribution in [3.63, 3.8) is 0 Å². The standard InChI is InChI=1S/C36H39NO12/c1-3-21-5-4-6-24(15-21)16-25-33(48-31(43)13-9-22-7-11-26(38)28(40)17-22)36(20-37-2,30(42)19-35(25,47)34(45)46)49-32(44)14-10-23-8-12-27(39)29(41)18-23/h4-15,17-18,25,30,33,37-42,47H,3,16,19-20H2,1-2H3,(H,45,46)/b13-9+,14-10+/t25-,30+,33+,35+,36-/m0/s1. The fourth-order valence-corrected chi connectivity index (χ4v) is 5.99. The molecule has 1 aliphatic carbocycles. The number of aromatic hydroxyl groups is 4. The Balaban J connectivity index is 1.80. The van der Waals surface area contributed by atoms with Crippen LogP contribution in [0.4, 0.5) is 0 Å². The number of aryl methyl sites for hydroxylation is 1. The molecule has 3 aromatic carbocycles. The second-order valence-corrected chi connectivity index (χ2v) is 11.9. The van der Waals surface area contributed by atoms with Crippen LogP contribution in [0.3, 0.4) is 0 Å². The van der Waals surface area contributed by atoms with E-state index in [-0.39, 0.29) is 24.5 Å². The second kappa shape index (κ2) is 15.2. The second-order valence-electron chi connectivity index (χ2n) is 11.9. The van der Waals surface area contributed by atoms with E-state index in [0.717, 1.165) is 17.7 Å². The Labute approximate surface area is 282 Å². The first kappa shape index (κ1) is 36.5. The summed E-state index contributed by atoms with van der Waals surface area (Å²) < 4.78 is 11.7. The molecule has 13 heteroatoms. The number of nitrogens with one attached hydrogen (secondary N) is 1. The molecule has 0 radical (unpaired) electrons. The summed E-state index contributed by atoms with van der Waals surface area (Å²) in [5, 5.41) is 75.3. The third kappa shape index (κ3) is 8.20. The average molecular weight is 678 g/mol. The average Bonchev–Trinajstić information content (AvgIpc) is 3.06. The summed E-state index contributed by atoms with van der Waals surface area (Å²) in [7, 11) is 1.48. The Morgan fingerprint density at radius 3 is 1.96 bits per heavy atom. The molecule has 8 N–H and O–H groups in total. The van der Waals surface area contributed by atoms with E-state index in [4.69, 9.17) is 9.47 Å². The molecule has 0 unspecified atom stereocenters. The van der Waals surface area contributed by atoms with E-state index in [2.05, 4.69) is 5.32 Å². The summed E-state index contributed by atoms with van der Waals surface area (Å²) in [6.45, 7) is 1.58. The molecule has 1 saturated carbocycles. The van der Waals surface area contributed by atoms with Crippen LogP contribution in [0.15, 0.2) is 72.8 Å². The molecule has 0 amide bonds. The van der Waals surface area contributed by atoms with Crippen LogP contribution in [-0.2, 0) is 36.7 Å². The molecule has 1 fully saturated rings. The number of hydrogen-bond donors (Lipinski definition) is 8. The summed E-state index contributed by atoms with van der Waals surface area (Å²) in [6, 6.07) is 14.8. The van der Waals surface area contributed by atoms with E-state index in [1.54, 1.807) is 12.1 Å². The number of aliphatic carboxylic acids is 1. The number of aliphatic hydroxyl groups excluding tert-OH is 1. The van der Waals surface area contributed by atoms with Crippen molar-refractivity contribution in [2.24, 2.45) is 5.92 Å². The van der Waals surface area contributed by atoms with Gasteiger partial charge in [0.1, 0.15) is 6.10 Å². The van der Waals surface area contributed by atoms with Crippen molar-refractivity contribution < 1.29 is 59.6 Å². The van der Waals surface area contributed by atoms with Gasteiger partial charge in [-0.2, -0.15) is 0 Å². The number of phenols is 4. The topological polar surface area (TPSA) is 223 Å². The molecule has 13 nitrogen and oxygen atoms in total. The van der Waals surface area contributed by atoms with E-state index in [1.165, 1.54) is 55.6 Å². The molecule has 0 bridgehead atoms. The number of rotatable bonds is 12. The van der Waals surface area contributed by atoms with E-state index in [1.807, 2.05) is 19.1 Å². The molecule has 0 aromatic heterocycles. The lowest BCUT2D eigenvalue weighted by atomic mass is 9.63. The van der Waals surface area contributed by atoms with Gasteiger partial charge in [0.2, 0.25) is 0 Å². The summed E-state index contributed by atoms with van der Waals surface area (Å²) in [6.07, 6.45) is 0.537. The molecule has 0 spiro atoms. The van der Waals surface area contributed by atoms with Gasteiger partial charge in [-0.15, -0.1) is 0 Å². The zero-order valence-electron chi connectivity index (χ0n) is 26.8. The van der Waals surface area contributed by atoms with Crippen molar-refractivity contribution in [3.8, 4) is 23.0 Å². The lowest BCUT2D eigenvalue weighted by Gasteiger charge is -2.53. The first-order chi connectivity index (χ1) is 23.2. The van der Waals surface area contributed by atoms with Gasteiger partial charge in [-0.25, -0.2) is 14.4 Å². The zero-order chi connectivity index (χ0) is 35.9. The van der Waals surface area contributed by atoms with Crippen LogP contribution in [0, 0.1) is 5.92 Å². The van der Waals surface area contributed by atoms with Crippen molar-refractivity contribution >= 4 is 30.1 Å². The normalized spacial score (nSPS) is 23.8. The van der Waals surface area contributed by atoms with Crippen molar-refractivity contribution in [1.29, 1.82) is 0 Å². The van der Waals surface area contributed by atoms with E-state index in [0.29, 0.717) is 23.1 Å². The molecule has 260 valence electrons. The molecule has 1 aliphatic rings. The molecule has 49 heavy (non-hydrogen) atoms. The molecule has 0 heterocycles. The van der Waals surface area contributed by atoms with Crippen molar-refractivity contribution in [3.05, 3.63) is 95.1 Å². The number of benzene rings is 3. The quantitative estimate of drug-likeness (QED) is 0.0785. The number of phenolic OH excluding ortho intramolecular Hbond substituents is 4. The molecule has 5 atom stereocenters. The molecule has 0 aliphatic heterocycles. The number of carboxylic acids is 1. The molecule has 0 saturated heterocycles. The number of ether oxygens (including phenoxy) is 2. The number of carbonyl (C=O) groups is 3. The number of likely N-dealkylation sites (N-methyl/N-ethyl adjacent to an activating group) is 1. The minimum Gasteiger partial charge on any atom is -0.504 e. The Hall–Kier alpha value is -5.37. The van der Waals surface area contributed by atoms with Gasteiger partial charge in [-0.1, -0.05) is 43.3 Å². The summed E-state index contributed by atoms with van der Waals surface area (Å²) in [5.74, 6) is -6.87. The van der Waals surface area contributed by atoms with Gasteiger partial charge in [0.05, 0.1) is 0 Å². The largest absolute Gasteiger partial charge is 0.504 e. The molecular formula is C36H39NO12. The van der Waals surface area contributed by atoms with E-state index in [9.17, 15) is 50.1 Å². The highest BCUT2D eigenvalue weighted by Gasteiger charge is 2.66. The van der Waals surface area contributed by atoms with Gasteiger partial charge in [0, 0.05) is 31.0 Å². The van der Waals surface area contributed by atoms with Crippen LogP contribution in [0.25, 0.3) is 12.2 Å². The maximum absolute atomic E-state index is 13.4. The molecule has 4 rings (SSSR count). The maximum Gasteiger partial charge on any atom is 0.336 e. The van der Waals surface area contributed by atoms with E-state index < -0.39 is 65.2 Å². The lowest BCUT2D eigenvalue weighted by Crippen LogP contribution is -2.73. The van der Waals surface area contributed by atoms with Crippen LogP contribution in [0.5, 0.6) is 23.0 Å². The van der Waals surface area contributed by atoms with Crippen LogP contribution in [0.2, 0.25) is 0 Å². The van der Waals surface area contributed by atoms with Crippen LogP contribution in [0.1, 0.15) is 35.6 Å². The fraction of sp³-hybridized carbons (Fsp3) is 0.306. The lowest BCUT2D eigenvalue weighted by molar-refractivity contribution is -0.256. The van der Waals surface area contributed by atoms with Gasteiger partial charge < -0.3 is 50.5 Å². The fourth-order valence-electron chi connectivity index (χ4n) is 5.99. The SMILES string of the molecule is CCc1cccc(C[C@H]2[C@@H](OC(=O)/C=C/c3ccc(O)c(O)c3)[C@@](CNC)(OC(=O)/C=C/c3ccc(O)c(O)c3)[C@H](O)C[C@]2(O)C(=O)O)c1. The van der Waals surface area contributed by atoms with Crippen molar-refractivity contribution in [2.45, 2.75) is 49.6 Å². The van der Waals surface area contributed by atoms with Crippen LogP contribution < -0.4 is 5.32 Å².